The molecular weight excluding hydrogens is 212 g/mol. The molecule has 0 spiro atoms. The molecule has 3 N–H and O–H groups in total. The Hall–Kier alpha value is -1.43. The van der Waals surface area contributed by atoms with Gasteiger partial charge in [-0.1, -0.05) is 19.1 Å². The first kappa shape index (κ1) is 11.6. The van der Waals surface area contributed by atoms with Crippen molar-refractivity contribution in [3.63, 3.8) is 0 Å². The van der Waals surface area contributed by atoms with Crippen LogP contribution < -0.4 is 16.2 Å². The van der Waals surface area contributed by atoms with E-state index in [0.717, 1.165) is 0 Å². The highest BCUT2D eigenvalue weighted by atomic mass is 32.1. The number of nitrogens with zero attached hydrogens (tertiary/aromatic N) is 2. The molecule has 0 fully saturated rings. The summed E-state index contributed by atoms with van der Waals surface area (Å²) in [6.45, 7) is 2.58. The summed E-state index contributed by atoms with van der Waals surface area (Å²) in [7, 11) is 1.84. The van der Waals surface area contributed by atoms with E-state index in [-0.39, 0.29) is 11.5 Å². The largest absolute Gasteiger partial charge is 0.393 e. The maximum Gasteiger partial charge on any atom is 0.252 e. The maximum atomic E-state index is 11.0. The molecule has 0 radical (unpaired) electrons. The van der Waals surface area contributed by atoms with Gasteiger partial charge in [-0.25, -0.2) is 4.98 Å². The van der Waals surface area contributed by atoms with E-state index in [2.05, 4.69) is 9.97 Å². The van der Waals surface area contributed by atoms with Crippen LogP contribution in [0.4, 0.5) is 5.82 Å². The number of nitrogens with one attached hydrogen (secondary N) is 1. The van der Waals surface area contributed by atoms with Crippen molar-refractivity contribution in [1.82, 2.24) is 9.97 Å². The van der Waals surface area contributed by atoms with Crippen molar-refractivity contribution in [3.05, 3.63) is 22.7 Å². The topological polar surface area (TPSA) is 75.0 Å². The van der Waals surface area contributed by atoms with Gasteiger partial charge in [0.25, 0.3) is 5.56 Å². The Labute approximate surface area is 93.3 Å². The standard InChI is InChI=1S/C9H14N4OS/c1-6(9(10)15)4-13(2)7-3-8(14)12-5-11-7/h3,5-6H,4H2,1-2H3,(H2,10,15)(H,11,12,14). The minimum atomic E-state index is -0.171. The lowest BCUT2D eigenvalue weighted by atomic mass is 10.2. The summed E-state index contributed by atoms with van der Waals surface area (Å²) in [5.41, 5.74) is 5.34. The van der Waals surface area contributed by atoms with Crippen LogP contribution in [-0.4, -0.2) is 28.5 Å². The summed E-state index contributed by atoms with van der Waals surface area (Å²) in [6, 6.07) is 1.44. The first-order valence-corrected chi connectivity index (χ1v) is 4.96. The first-order chi connectivity index (χ1) is 7.00. The fourth-order valence-electron chi connectivity index (χ4n) is 1.16. The van der Waals surface area contributed by atoms with Crippen LogP contribution in [0.1, 0.15) is 6.92 Å². The van der Waals surface area contributed by atoms with Gasteiger partial charge in [-0.15, -0.1) is 0 Å². The average Bonchev–Trinajstić information content (AvgIpc) is 2.17. The lowest BCUT2D eigenvalue weighted by Gasteiger charge is -2.21. The summed E-state index contributed by atoms with van der Waals surface area (Å²) in [6.07, 6.45) is 1.37. The van der Waals surface area contributed by atoms with E-state index in [1.807, 2.05) is 18.9 Å². The Balaban J connectivity index is 2.73. The second kappa shape index (κ2) is 4.88. The van der Waals surface area contributed by atoms with E-state index >= 15 is 0 Å². The molecule has 0 amide bonds. The third kappa shape index (κ3) is 3.32. The molecule has 1 aromatic rings. The molecule has 15 heavy (non-hydrogen) atoms. The van der Waals surface area contributed by atoms with Gasteiger partial charge < -0.3 is 15.6 Å². The Morgan fingerprint density at radius 1 is 1.80 bits per heavy atom. The van der Waals surface area contributed by atoms with Crippen LogP contribution in [-0.2, 0) is 0 Å². The summed E-state index contributed by atoms with van der Waals surface area (Å²) in [4.78, 5) is 19.8. The normalized spacial score (nSPS) is 12.1. The van der Waals surface area contributed by atoms with Crippen molar-refractivity contribution >= 4 is 23.0 Å². The maximum absolute atomic E-state index is 11.0. The van der Waals surface area contributed by atoms with Gasteiger partial charge in [-0.3, -0.25) is 4.79 Å². The molecule has 1 atom stereocenters. The van der Waals surface area contributed by atoms with Gasteiger partial charge in [0.2, 0.25) is 0 Å². The SMILES string of the molecule is CC(CN(C)c1cc(=O)[nH]cn1)C(N)=S. The van der Waals surface area contributed by atoms with E-state index in [9.17, 15) is 4.79 Å². The number of nitrogens with two attached hydrogens (primary N) is 1. The zero-order chi connectivity index (χ0) is 11.4. The van der Waals surface area contributed by atoms with Gasteiger partial charge in [0.15, 0.2) is 0 Å². The van der Waals surface area contributed by atoms with E-state index in [1.165, 1.54) is 12.4 Å². The number of hydrogen-bond acceptors (Lipinski definition) is 4. The Bertz CT molecular complexity index is 403. The highest BCUT2D eigenvalue weighted by molar-refractivity contribution is 7.80. The molecule has 0 bridgehead atoms. The summed E-state index contributed by atoms with van der Waals surface area (Å²) in [5.74, 6) is 0.702. The van der Waals surface area contributed by atoms with Crippen LogP contribution in [0, 0.1) is 5.92 Å². The predicted molar refractivity (Wildman–Crippen MR) is 64.1 cm³/mol. The molecular formula is C9H14N4OS. The third-order valence-electron chi connectivity index (χ3n) is 2.09. The van der Waals surface area contributed by atoms with Crippen LogP contribution in [0.3, 0.4) is 0 Å². The Morgan fingerprint density at radius 2 is 2.47 bits per heavy atom. The molecule has 0 saturated heterocycles. The van der Waals surface area contributed by atoms with Gasteiger partial charge in [0, 0.05) is 25.6 Å². The van der Waals surface area contributed by atoms with E-state index in [0.29, 0.717) is 17.4 Å². The Morgan fingerprint density at radius 3 is 3.00 bits per heavy atom. The van der Waals surface area contributed by atoms with E-state index in [4.69, 9.17) is 18.0 Å². The second-order valence-electron chi connectivity index (χ2n) is 3.45. The lowest BCUT2D eigenvalue weighted by molar-refractivity contribution is 0.733. The van der Waals surface area contributed by atoms with Crippen molar-refractivity contribution in [2.24, 2.45) is 11.7 Å². The van der Waals surface area contributed by atoms with Crippen molar-refractivity contribution in [2.45, 2.75) is 6.92 Å². The average molecular weight is 226 g/mol. The molecule has 0 aliphatic carbocycles. The highest BCUT2D eigenvalue weighted by Gasteiger charge is 2.10. The van der Waals surface area contributed by atoms with E-state index < -0.39 is 0 Å². The zero-order valence-corrected chi connectivity index (χ0v) is 9.54. The molecule has 1 aromatic heterocycles. The van der Waals surface area contributed by atoms with Gasteiger partial charge in [0.1, 0.15) is 5.82 Å². The summed E-state index contributed by atoms with van der Waals surface area (Å²) >= 11 is 4.88. The molecule has 1 rings (SSSR count). The summed E-state index contributed by atoms with van der Waals surface area (Å²) < 4.78 is 0. The van der Waals surface area contributed by atoms with Crippen LogP contribution in [0.15, 0.2) is 17.2 Å². The van der Waals surface area contributed by atoms with Gasteiger partial charge in [-0.2, -0.15) is 0 Å². The van der Waals surface area contributed by atoms with Gasteiger partial charge in [0.05, 0.1) is 11.3 Å². The van der Waals surface area contributed by atoms with Crippen molar-refractivity contribution in [3.8, 4) is 0 Å². The number of rotatable bonds is 4. The minimum absolute atomic E-state index is 0.0890. The Kier molecular flexibility index (Phi) is 3.79. The second-order valence-corrected chi connectivity index (χ2v) is 3.92. The molecule has 0 aromatic carbocycles. The van der Waals surface area contributed by atoms with Crippen LogP contribution in [0.2, 0.25) is 0 Å². The van der Waals surface area contributed by atoms with Crippen LogP contribution in [0.5, 0.6) is 0 Å². The molecule has 82 valence electrons. The van der Waals surface area contributed by atoms with Crippen LogP contribution >= 0.6 is 12.2 Å². The predicted octanol–water partition coefficient (Wildman–Crippen LogP) is 0.128. The minimum Gasteiger partial charge on any atom is -0.393 e. The quantitative estimate of drug-likeness (QED) is 0.714. The summed E-state index contributed by atoms with van der Waals surface area (Å²) in [5, 5.41) is 0. The highest BCUT2D eigenvalue weighted by Crippen LogP contribution is 2.07. The number of aromatic nitrogens is 2. The first-order valence-electron chi connectivity index (χ1n) is 4.56. The number of aromatic amines is 1. The molecule has 0 saturated carbocycles. The smallest absolute Gasteiger partial charge is 0.252 e. The molecule has 1 unspecified atom stereocenters. The van der Waals surface area contributed by atoms with Crippen molar-refractivity contribution in [2.75, 3.05) is 18.5 Å². The number of thiocarbonyl (C=S) groups is 1. The number of hydrogen-bond donors (Lipinski definition) is 2. The monoisotopic (exact) mass is 226 g/mol. The van der Waals surface area contributed by atoms with Crippen molar-refractivity contribution < 1.29 is 0 Å². The molecule has 0 aliphatic rings. The molecule has 5 nitrogen and oxygen atoms in total. The molecule has 0 aliphatic heterocycles. The zero-order valence-electron chi connectivity index (χ0n) is 8.73. The van der Waals surface area contributed by atoms with E-state index in [1.54, 1.807) is 0 Å². The fraction of sp³-hybridized carbons (Fsp3) is 0.444. The van der Waals surface area contributed by atoms with Gasteiger partial charge >= 0.3 is 0 Å². The third-order valence-corrected chi connectivity index (χ3v) is 2.49. The van der Waals surface area contributed by atoms with Crippen molar-refractivity contribution in [1.29, 1.82) is 0 Å². The fourth-order valence-corrected chi connectivity index (χ4v) is 1.24. The van der Waals surface area contributed by atoms with Gasteiger partial charge in [-0.05, 0) is 0 Å². The number of anilines is 1. The molecule has 6 heteroatoms. The lowest BCUT2D eigenvalue weighted by Crippen LogP contribution is -2.32. The molecule has 1 heterocycles. The number of H-pyrrole nitrogens is 1. The van der Waals surface area contributed by atoms with Crippen LogP contribution in [0.25, 0.3) is 0 Å².